The second-order valence-corrected chi connectivity index (χ2v) is 7.67. The molecule has 3 aromatic rings. The molecule has 2 atom stereocenters. The van der Waals surface area contributed by atoms with Crippen LogP contribution in [-0.4, -0.2) is 0 Å². The lowest BCUT2D eigenvalue weighted by Crippen LogP contribution is -2.21. The first-order chi connectivity index (χ1) is 12.6. The molecule has 0 bridgehead atoms. The number of halogens is 1. The first-order valence-electron chi connectivity index (χ1n) is 9.57. The smallest absolute Gasteiger partial charge is 0.127 e. The van der Waals surface area contributed by atoms with Gasteiger partial charge in [-0.15, -0.1) is 0 Å². The molecule has 132 valence electrons. The lowest BCUT2D eigenvalue weighted by Gasteiger charge is -2.35. The number of aryl methyl sites for hydroxylation is 1. The van der Waals surface area contributed by atoms with E-state index in [9.17, 15) is 0 Å². The van der Waals surface area contributed by atoms with Crippen LogP contribution in [0.2, 0.25) is 0 Å². The molecule has 26 heavy (non-hydrogen) atoms. The van der Waals surface area contributed by atoms with Gasteiger partial charge in [-0.3, -0.25) is 0 Å². The lowest BCUT2D eigenvalue weighted by atomic mass is 9.69. The maximum absolute atomic E-state index is 15.2. The van der Waals surface area contributed by atoms with E-state index in [2.05, 4.69) is 68.4 Å². The molecule has 0 radical (unpaired) electrons. The highest BCUT2D eigenvalue weighted by Crippen LogP contribution is 2.47. The quantitative estimate of drug-likeness (QED) is 0.489. The Labute approximate surface area is 155 Å². The summed E-state index contributed by atoms with van der Waals surface area (Å²) >= 11 is 0. The van der Waals surface area contributed by atoms with Gasteiger partial charge in [0.25, 0.3) is 0 Å². The second-order valence-electron chi connectivity index (χ2n) is 7.67. The summed E-state index contributed by atoms with van der Waals surface area (Å²) in [5.41, 5.74) is 5.84. The molecule has 1 heteroatoms. The third-order valence-electron chi connectivity index (χ3n) is 5.77. The zero-order valence-electron chi connectivity index (χ0n) is 15.5. The summed E-state index contributed by atoms with van der Waals surface area (Å²) in [6.45, 7) is 4.22. The molecule has 0 saturated carbocycles. The van der Waals surface area contributed by atoms with Gasteiger partial charge in [0.2, 0.25) is 0 Å². The summed E-state index contributed by atoms with van der Waals surface area (Å²) in [5.74, 6) is 0.648. The Morgan fingerprint density at radius 2 is 1.58 bits per heavy atom. The van der Waals surface area contributed by atoms with E-state index in [1.807, 2.05) is 12.1 Å². The Morgan fingerprint density at radius 1 is 0.846 bits per heavy atom. The van der Waals surface area contributed by atoms with Crippen molar-refractivity contribution in [2.24, 2.45) is 0 Å². The SMILES string of the molecule is CC(C)c1ccc(C2c3ccccc3CCC2c2ccccc2)c(F)c1. The summed E-state index contributed by atoms with van der Waals surface area (Å²) in [6.07, 6.45) is 2.11. The van der Waals surface area contributed by atoms with E-state index in [0.29, 0.717) is 11.8 Å². The highest BCUT2D eigenvalue weighted by atomic mass is 19.1. The fourth-order valence-electron chi connectivity index (χ4n) is 4.36. The summed E-state index contributed by atoms with van der Waals surface area (Å²) < 4.78 is 15.2. The van der Waals surface area contributed by atoms with Gasteiger partial charge < -0.3 is 0 Å². The first kappa shape index (κ1) is 17.0. The number of fused-ring (bicyclic) bond motifs is 1. The van der Waals surface area contributed by atoms with Crippen molar-refractivity contribution in [2.75, 3.05) is 0 Å². The molecule has 0 amide bonds. The summed E-state index contributed by atoms with van der Waals surface area (Å²) in [7, 11) is 0. The van der Waals surface area contributed by atoms with E-state index >= 15 is 4.39 Å². The molecular formula is C25H25F. The normalized spacial score (nSPS) is 19.4. The maximum atomic E-state index is 15.2. The third-order valence-corrected chi connectivity index (χ3v) is 5.77. The van der Waals surface area contributed by atoms with Crippen LogP contribution in [0, 0.1) is 5.82 Å². The van der Waals surface area contributed by atoms with Gasteiger partial charge >= 0.3 is 0 Å². The molecule has 2 unspecified atom stereocenters. The van der Waals surface area contributed by atoms with Crippen LogP contribution in [0.5, 0.6) is 0 Å². The van der Waals surface area contributed by atoms with Crippen molar-refractivity contribution in [1.82, 2.24) is 0 Å². The Morgan fingerprint density at radius 3 is 2.31 bits per heavy atom. The first-order valence-corrected chi connectivity index (χ1v) is 9.57. The molecule has 0 aromatic heterocycles. The van der Waals surface area contributed by atoms with Crippen molar-refractivity contribution in [1.29, 1.82) is 0 Å². The van der Waals surface area contributed by atoms with Crippen LogP contribution >= 0.6 is 0 Å². The van der Waals surface area contributed by atoms with Crippen LogP contribution < -0.4 is 0 Å². The van der Waals surface area contributed by atoms with Gasteiger partial charge in [-0.2, -0.15) is 0 Å². The minimum Gasteiger partial charge on any atom is -0.207 e. The van der Waals surface area contributed by atoms with Crippen LogP contribution in [0.3, 0.4) is 0 Å². The van der Waals surface area contributed by atoms with E-state index in [1.165, 1.54) is 16.7 Å². The summed E-state index contributed by atoms with van der Waals surface area (Å²) in [4.78, 5) is 0. The van der Waals surface area contributed by atoms with Gasteiger partial charge in [-0.25, -0.2) is 4.39 Å². The van der Waals surface area contributed by atoms with E-state index < -0.39 is 0 Å². The Kier molecular flexibility index (Phi) is 4.63. The predicted octanol–water partition coefficient (Wildman–Crippen LogP) is 6.81. The molecule has 0 spiro atoms. The predicted molar refractivity (Wildman–Crippen MR) is 106 cm³/mol. The third kappa shape index (κ3) is 3.07. The van der Waals surface area contributed by atoms with Crippen molar-refractivity contribution >= 4 is 0 Å². The Hall–Kier alpha value is -2.41. The van der Waals surface area contributed by atoms with Crippen LogP contribution in [-0.2, 0) is 6.42 Å². The minimum atomic E-state index is -0.0705. The molecular weight excluding hydrogens is 319 g/mol. The van der Waals surface area contributed by atoms with Gasteiger partial charge in [0, 0.05) is 5.92 Å². The van der Waals surface area contributed by atoms with E-state index in [4.69, 9.17) is 0 Å². The largest absolute Gasteiger partial charge is 0.207 e. The summed E-state index contributed by atoms with van der Waals surface area (Å²) in [6, 6.07) is 25.0. The van der Waals surface area contributed by atoms with E-state index in [0.717, 1.165) is 24.0 Å². The van der Waals surface area contributed by atoms with E-state index in [1.54, 1.807) is 6.07 Å². The number of hydrogen-bond acceptors (Lipinski definition) is 0. The Bertz CT molecular complexity index is 895. The van der Waals surface area contributed by atoms with Crippen molar-refractivity contribution in [3.63, 3.8) is 0 Å². The molecule has 0 fully saturated rings. The van der Waals surface area contributed by atoms with Crippen LogP contribution in [0.1, 0.15) is 65.8 Å². The van der Waals surface area contributed by atoms with Crippen molar-refractivity contribution in [2.45, 2.75) is 44.4 Å². The molecule has 0 N–H and O–H groups in total. The van der Waals surface area contributed by atoms with Gasteiger partial charge in [-0.1, -0.05) is 80.6 Å². The number of benzene rings is 3. The molecule has 3 aromatic carbocycles. The maximum Gasteiger partial charge on any atom is 0.127 e. The number of rotatable bonds is 3. The fourth-order valence-corrected chi connectivity index (χ4v) is 4.36. The molecule has 4 rings (SSSR count). The van der Waals surface area contributed by atoms with Gasteiger partial charge in [-0.05, 0) is 58.6 Å². The average molecular weight is 344 g/mol. The van der Waals surface area contributed by atoms with Crippen molar-refractivity contribution in [3.8, 4) is 0 Å². The highest BCUT2D eigenvalue weighted by molar-refractivity contribution is 5.46. The molecule has 1 aliphatic carbocycles. The molecule has 0 nitrogen and oxygen atoms in total. The van der Waals surface area contributed by atoms with Crippen LogP contribution in [0.25, 0.3) is 0 Å². The van der Waals surface area contributed by atoms with Crippen LogP contribution in [0.15, 0.2) is 72.8 Å². The second kappa shape index (κ2) is 7.07. The topological polar surface area (TPSA) is 0 Å². The zero-order chi connectivity index (χ0) is 18.1. The molecule has 0 aliphatic heterocycles. The lowest BCUT2D eigenvalue weighted by molar-refractivity contribution is 0.499. The molecule has 0 saturated heterocycles. The van der Waals surface area contributed by atoms with Gasteiger partial charge in [0.1, 0.15) is 5.82 Å². The van der Waals surface area contributed by atoms with Crippen molar-refractivity contribution in [3.05, 3.63) is 106 Å². The van der Waals surface area contributed by atoms with Crippen LogP contribution in [0.4, 0.5) is 4.39 Å². The number of hydrogen-bond donors (Lipinski definition) is 0. The molecule has 1 aliphatic rings. The fraction of sp³-hybridized carbons (Fsp3) is 0.280. The zero-order valence-corrected chi connectivity index (χ0v) is 15.5. The Balaban J connectivity index is 1.86. The average Bonchev–Trinajstić information content (AvgIpc) is 2.68. The van der Waals surface area contributed by atoms with Gasteiger partial charge in [0.15, 0.2) is 0 Å². The standard InChI is InChI=1S/C25H25F/c1-17(2)20-13-15-23(24(26)16-20)25-21-11-7-6-10-19(21)12-14-22(25)18-8-4-3-5-9-18/h3-11,13,15-17,22,25H,12,14H2,1-2H3. The molecule has 0 heterocycles. The van der Waals surface area contributed by atoms with E-state index in [-0.39, 0.29) is 11.7 Å². The monoisotopic (exact) mass is 344 g/mol. The van der Waals surface area contributed by atoms with Gasteiger partial charge in [0.05, 0.1) is 0 Å². The van der Waals surface area contributed by atoms with Crippen molar-refractivity contribution < 1.29 is 4.39 Å². The highest BCUT2D eigenvalue weighted by Gasteiger charge is 2.33. The minimum absolute atomic E-state index is 0.0705. The summed E-state index contributed by atoms with van der Waals surface area (Å²) in [5, 5.41) is 0.